The second kappa shape index (κ2) is 4.99. The first kappa shape index (κ1) is 11.6. The molecule has 1 aromatic heterocycles. The van der Waals surface area contributed by atoms with Crippen LogP contribution in [0.5, 0.6) is 0 Å². The number of hydrogen-bond donors (Lipinski definition) is 1. The number of rotatable bonds is 3. The van der Waals surface area contributed by atoms with Crippen LogP contribution in [0.4, 0.5) is 4.39 Å². The Balaban J connectivity index is 2.23. The van der Waals surface area contributed by atoms with Crippen molar-refractivity contribution in [1.82, 2.24) is 0 Å². The predicted molar refractivity (Wildman–Crippen MR) is 65.5 cm³/mol. The molecular formula is C12H11FOS2. The molecule has 1 atom stereocenters. The van der Waals surface area contributed by atoms with Crippen molar-refractivity contribution in [2.45, 2.75) is 22.1 Å². The lowest BCUT2D eigenvalue weighted by molar-refractivity contribution is 0.198. The number of hydrogen-bond acceptors (Lipinski definition) is 3. The van der Waals surface area contributed by atoms with Crippen LogP contribution in [0, 0.1) is 5.82 Å². The lowest BCUT2D eigenvalue weighted by atomic mass is 10.1. The maximum atomic E-state index is 13.7. The van der Waals surface area contributed by atoms with Crippen LogP contribution in [0.3, 0.4) is 0 Å². The van der Waals surface area contributed by atoms with Crippen molar-refractivity contribution in [2.75, 3.05) is 0 Å². The maximum absolute atomic E-state index is 13.7. The summed E-state index contributed by atoms with van der Waals surface area (Å²) in [5, 5.41) is 11.3. The molecule has 0 fully saturated rings. The summed E-state index contributed by atoms with van der Waals surface area (Å²) in [6.45, 7) is 1.63. The third-order valence-corrected chi connectivity index (χ3v) is 4.23. The van der Waals surface area contributed by atoms with Crippen molar-refractivity contribution in [1.29, 1.82) is 0 Å². The molecule has 2 aromatic rings. The molecule has 0 aliphatic carbocycles. The van der Waals surface area contributed by atoms with Crippen LogP contribution >= 0.6 is 23.1 Å². The molecule has 1 aromatic carbocycles. The van der Waals surface area contributed by atoms with Crippen molar-refractivity contribution in [2.24, 2.45) is 0 Å². The first-order chi connectivity index (χ1) is 7.66. The molecule has 0 radical (unpaired) electrons. The molecule has 1 heterocycles. The summed E-state index contributed by atoms with van der Waals surface area (Å²) < 4.78 is 14.7. The van der Waals surface area contributed by atoms with E-state index in [0.29, 0.717) is 10.5 Å². The highest BCUT2D eigenvalue weighted by molar-refractivity contribution is 8.01. The Kier molecular flexibility index (Phi) is 3.63. The third kappa shape index (κ3) is 2.64. The average molecular weight is 254 g/mol. The highest BCUT2D eigenvalue weighted by Crippen LogP contribution is 2.33. The molecule has 1 N–H and O–H groups in total. The van der Waals surface area contributed by atoms with E-state index in [0.717, 1.165) is 4.21 Å². The van der Waals surface area contributed by atoms with Crippen LogP contribution in [0.25, 0.3) is 0 Å². The van der Waals surface area contributed by atoms with Crippen LogP contribution in [-0.4, -0.2) is 5.11 Å². The molecule has 0 aliphatic heterocycles. The van der Waals surface area contributed by atoms with E-state index in [4.69, 9.17) is 0 Å². The molecule has 0 bridgehead atoms. The quantitative estimate of drug-likeness (QED) is 0.890. The normalized spacial score (nSPS) is 12.7. The van der Waals surface area contributed by atoms with Crippen molar-refractivity contribution >= 4 is 23.1 Å². The Bertz CT molecular complexity index is 466. The number of benzene rings is 1. The fraction of sp³-hybridized carbons (Fsp3) is 0.167. The minimum Gasteiger partial charge on any atom is -0.389 e. The summed E-state index contributed by atoms with van der Waals surface area (Å²) in [5.41, 5.74) is 0.605. The standard InChI is InChI=1S/C12H11FOS2/c1-8(14)9-4-5-11(10(13)7-9)16-12-3-2-6-15-12/h2-8,14H,1H3. The zero-order valence-electron chi connectivity index (χ0n) is 8.68. The molecule has 84 valence electrons. The first-order valence-electron chi connectivity index (χ1n) is 4.85. The number of halogens is 1. The van der Waals surface area contributed by atoms with Gasteiger partial charge in [0.15, 0.2) is 0 Å². The molecule has 16 heavy (non-hydrogen) atoms. The van der Waals surface area contributed by atoms with Gasteiger partial charge in [0.2, 0.25) is 0 Å². The summed E-state index contributed by atoms with van der Waals surface area (Å²) >= 11 is 2.99. The minimum atomic E-state index is -0.629. The monoisotopic (exact) mass is 254 g/mol. The van der Waals surface area contributed by atoms with Gasteiger partial charge in [-0.1, -0.05) is 23.9 Å². The van der Waals surface area contributed by atoms with Crippen LogP contribution < -0.4 is 0 Å². The number of aliphatic hydroxyl groups excluding tert-OH is 1. The van der Waals surface area contributed by atoms with Crippen molar-refractivity contribution in [3.05, 3.63) is 47.1 Å². The molecule has 1 unspecified atom stereocenters. The third-order valence-electron chi connectivity index (χ3n) is 2.14. The van der Waals surface area contributed by atoms with Crippen molar-refractivity contribution < 1.29 is 9.50 Å². The minimum absolute atomic E-state index is 0.281. The summed E-state index contributed by atoms with van der Waals surface area (Å²) in [6.07, 6.45) is -0.629. The maximum Gasteiger partial charge on any atom is 0.137 e. The van der Waals surface area contributed by atoms with E-state index in [9.17, 15) is 9.50 Å². The molecule has 0 aliphatic rings. The second-order valence-corrected chi connectivity index (χ2v) is 5.69. The van der Waals surface area contributed by atoms with E-state index in [1.807, 2.05) is 17.5 Å². The molecule has 0 saturated carbocycles. The van der Waals surface area contributed by atoms with Gasteiger partial charge < -0.3 is 5.11 Å². The summed E-state index contributed by atoms with van der Waals surface area (Å²) in [5.74, 6) is -0.281. The van der Waals surface area contributed by atoms with Gasteiger partial charge in [0.05, 0.1) is 10.3 Å². The highest BCUT2D eigenvalue weighted by atomic mass is 32.2. The molecule has 0 saturated heterocycles. The van der Waals surface area contributed by atoms with Gasteiger partial charge in [-0.15, -0.1) is 11.3 Å². The van der Waals surface area contributed by atoms with Crippen LogP contribution in [0.1, 0.15) is 18.6 Å². The zero-order valence-corrected chi connectivity index (χ0v) is 10.3. The zero-order chi connectivity index (χ0) is 11.5. The largest absolute Gasteiger partial charge is 0.389 e. The van der Waals surface area contributed by atoms with E-state index in [2.05, 4.69) is 0 Å². The van der Waals surface area contributed by atoms with E-state index in [1.165, 1.54) is 17.8 Å². The Hall–Kier alpha value is -0.840. The van der Waals surface area contributed by atoms with Crippen molar-refractivity contribution in [3.8, 4) is 0 Å². The summed E-state index contributed by atoms with van der Waals surface area (Å²) in [4.78, 5) is 0.590. The SMILES string of the molecule is CC(O)c1ccc(Sc2cccs2)c(F)c1. The lowest BCUT2D eigenvalue weighted by Crippen LogP contribution is -1.92. The Labute approximate surface area is 102 Å². The fourth-order valence-electron chi connectivity index (χ4n) is 1.29. The van der Waals surface area contributed by atoms with Crippen LogP contribution in [0.15, 0.2) is 44.8 Å². The van der Waals surface area contributed by atoms with E-state index < -0.39 is 6.10 Å². The topological polar surface area (TPSA) is 20.2 Å². The molecule has 1 nitrogen and oxygen atoms in total. The van der Waals surface area contributed by atoms with Crippen LogP contribution in [0.2, 0.25) is 0 Å². The van der Waals surface area contributed by atoms with Gasteiger partial charge in [-0.2, -0.15) is 0 Å². The van der Waals surface area contributed by atoms with Gasteiger partial charge in [-0.25, -0.2) is 4.39 Å². The first-order valence-corrected chi connectivity index (χ1v) is 6.55. The predicted octanol–water partition coefficient (Wildman–Crippen LogP) is 4.09. The molecule has 0 spiro atoms. The Morgan fingerprint density at radius 1 is 1.38 bits per heavy atom. The number of thiophene rings is 1. The second-order valence-electron chi connectivity index (χ2n) is 3.40. The summed E-state index contributed by atoms with van der Waals surface area (Å²) in [7, 11) is 0. The summed E-state index contributed by atoms with van der Waals surface area (Å²) in [6, 6.07) is 8.75. The van der Waals surface area contributed by atoms with E-state index in [1.54, 1.807) is 30.4 Å². The average Bonchev–Trinajstić information content (AvgIpc) is 2.73. The van der Waals surface area contributed by atoms with Gasteiger partial charge in [-0.3, -0.25) is 0 Å². The van der Waals surface area contributed by atoms with Crippen molar-refractivity contribution in [3.63, 3.8) is 0 Å². The lowest BCUT2D eigenvalue weighted by Gasteiger charge is -2.07. The molecule has 2 rings (SSSR count). The van der Waals surface area contributed by atoms with Gasteiger partial charge in [0.1, 0.15) is 5.82 Å². The van der Waals surface area contributed by atoms with Gasteiger partial charge in [0, 0.05) is 4.90 Å². The molecule has 4 heteroatoms. The highest BCUT2D eigenvalue weighted by Gasteiger charge is 2.08. The molecular weight excluding hydrogens is 243 g/mol. The van der Waals surface area contributed by atoms with E-state index in [-0.39, 0.29) is 5.82 Å². The van der Waals surface area contributed by atoms with Gasteiger partial charge in [-0.05, 0) is 36.1 Å². The molecule has 0 amide bonds. The van der Waals surface area contributed by atoms with Gasteiger partial charge >= 0.3 is 0 Å². The Morgan fingerprint density at radius 2 is 2.19 bits per heavy atom. The van der Waals surface area contributed by atoms with Crippen LogP contribution in [-0.2, 0) is 0 Å². The fourth-order valence-corrected chi connectivity index (χ4v) is 3.02. The van der Waals surface area contributed by atoms with Gasteiger partial charge in [0.25, 0.3) is 0 Å². The smallest absolute Gasteiger partial charge is 0.137 e. The van der Waals surface area contributed by atoms with E-state index >= 15 is 0 Å². The number of aliphatic hydroxyl groups is 1. The Morgan fingerprint density at radius 3 is 2.75 bits per heavy atom.